The van der Waals surface area contributed by atoms with Crippen LogP contribution in [0.3, 0.4) is 0 Å². The van der Waals surface area contributed by atoms with Gasteiger partial charge in [-0.25, -0.2) is 4.98 Å². The number of aromatic nitrogens is 2. The summed E-state index contributed by atoms with van der Waals surface area (Å²) in [5.41, 5.74) is 6.85. The zero-order valence-electron chi connectivity index (χ0n) is 11.4. The maximum atomic E-state index is 11.3. The second-order valence-corrected chi connectivity index (χ2v) is 4.92. The van der Waals surface area contributed by atoms with Crippen LogP contribution in [0.15, 0.2) is 24.3 Å². The highest BCUT2D eigenvalue weighted by Crippen LogP contribution is 2.21. The number of nitrogen functional groups attached to an aromatic ring is 1. The van der Waals surface area contributed by atoms with Gasteiger partial charge in [0.15, 0.2) is 0 Å². The summed E-state index contributed by atoms with van der Waals surface area (Å²) in [5, 5.41) is 0.874. The Morgan fingerprint density at radius 2 is 1.85 bits per heavy atom. The largest absolute Gasteiger partial charge is 0.383 e. The Bertz CT molecular complexity index is 649. The van der Waals surface area contributed by atoms with Gasteiger partial charge in [-0.15, -0.1) is 0 Å². The number of nitrogens with two attached hydrogens (primary N) is 1. The van der Waals surface area contributed by atoms with Gasteiger partial charge in [-0.1, -0.05) is 12.1 Å². The molecule has 0 radical (unpaired) electrons. The average molecular weight is 271 g/mol. The Labute approximate surface area is 117 Å². The van der Waals surface area contributed by atoms with E-state index in [1.54, 1.807) is 6.92 Å². The number of carbonyl (C=O) groups excluding carboxylic acids is 1. The molecule has 0 saturated carbocycles. The molecule has 1 aliphatic heterocycles. The maximum absolute atomic E-state index is 11.3. The number of hydrogen-bond donors (Lipinski definition) is 1. The number of hydrogen-bond acceptors (Lipinski definition) is 5. The third-order valence-corrected chi connectivity index (χ3v) is 3.63. The van der Waals surface area contributed by atoms with Gasteiger partial charge < -0.3 is 15.5 Å². The van der Waals surface area contributed by atoms with Crippen molar-refractivity contribution in [1.29, 1.82) is 0 Å². The molecule has 2 heterocycles. The first-order valence-electron chi connectivity index (χ1n) is 6.68. The molecule has 1 amide bonds. The van der Waals surface area contributed by atoms with E-state index in [4.69, 9.17) is 5.73 Å². The smallest absolute Gasteiger partial charge is 0.228 e. The van der Waals surface area contributed by atoms with E-state index in [0.717, 1.165) is 24.0 Å². The van der Waals surface area contributed by atoms with Gasteiger partial charge in [-0.05, 0) is 12.1 Å². The molecule has 0 bridgehead atoms. The molecular weight excluding hydrogens is 254 g/mol. The second-order valence-electron chi connectivity index (χ2n) is 4.92. The van der Waals surface area contributed by atoms with Gasteiger partial charge in [0.1, 0.15) is 5.82 Å². The van der Waals surface area contributed by atoms with E-state index in [-0.39, 0.29) is 5.91 Å². The van der Waals surface area contributed by atoms with Crippen molar-refractivity contribution in [2.45, 2.75) is 6.92 Å². The Morgan fingerprint density at radius 3 is 2.55 bits per heavy atom. The zero-order valence-corrected chi connectivity index (χ0v) is 11.4. The molecule has 6 heteroatoms. The lowest BCUT2D eigenvalue weighted by molar-refractivity contribution is -0.129. The molecule has 20 heavy (non-hydrogen) atoms. The Balaban J connectivity index is 1.86. The number of carbonyl (C=O) groups is 1. The normalized spacial score (nSPS) is 15.7. The fourth-order valence-corrected chi connectivity index (χ4v) is 2.45. The molecule has 104 valence electrons. The number of benzene rings is 1. The van der Waals surface area contributed by atoms with E-state index >= 15 is 0 Å². The molecule has 0 aliphatic carbocycles. The summed E-state index contributed by atoms with van der Waals surface area (Å²) in [5.74, 6) is 1.26. The van der Waals surface area contributed by atoms with Gasteiger partial charge in [0.2, 0.25) is 11.9 Å². The molecule has 1 aromatic carbocycles. The van der Waals surface area contributed by atoms with E-state index < -0.39 is 0 Å². The van der Waals surface area contributed by atoms with Crippen molar-refractivity contribution in [3.63, 3.8) is 0 Å². The van der Waals surface area contributed by atoms with Gasteiger partial charge in [0.05, 0.1) is 5.52 Å². The molecule has 1 aliphatic rings. The second kappa shape index (κ2) is 4.96. The van der Waals surface area contributed by atoms with Crippen molar-refractivity contribution in [3.05, 3.63) is 24.3 Å². The number of nitrogens with zero attached hydrogens (tertiary/aromatic N) is 4. The Morgan fingerprint density at radius 1 is 1.15 bits per heavy atom. The molecule has 2 N–H and O–H groups in total. The van der Waals surface area contributed by atoms with Crippen LogP contribution in [-0.4, -0.2) is 47.0 Å². The van der Waals surface area contributed by atoms with Gasteiger partial charge in [0, 0.05) is 38.5 Å². The van der Waals surface area contributed by atoms with E-state index in [1.807, 2.05) is 29.2 Å². The maximum Gasteiger partial charge on any atom is 0.228 e. The van der Waals surface area contributed by atoms with Crippen molar-refractivity contribution in [1.82, 2.24) is 14.9 Å². The zero-order chi connectivity index (χ0) is 14.1. The third kappa shape index (κ3) is 2.24. The third-order valence-electron chi connectivity index (χ3n) is 3.63. The molecule has 0 unspecified atom stereocenters. The average Bonchev–Trinajstić information content (AvgIpc) is 2.47. The van der Waals surface area contributed by atoms with Crippen molar-refractivity contribution in [3.8, 4) is 0 Å². The highest BCUT2D eigenvalue weighted by atomic mass is 16.2. The molecule has 3 rings (SSSR count). The van der Waals surface area contributed by atoms with E-state index in [0.29, 0.717) is 24.9 Å². The van der Waals surface area contributed by atoms with Crippen LogP contribution in [-0.2, 0) is 4.79 Å². The summed E-state index contributed by atoms with van der Waals surface area (Å²) in [6.45, 7) is 4.46. The predicted octanol–water partition coefficient (Wildman–Crippen LogP) is 0.880. The lowest BCUT2D eigenvalue weighted by atomic mass is 10.2. The Hall–Kier alpha value is -2.37. The van der Waals surface area contributed by atoms with E-state index in [1.165, 1.54) is 0 Å². The van der Waals surface area contributed by atoms with Crippen molar-refractivity contribution >= 4 is 28.6 Å². The van der Waals surface area contributed by atoms with Crippen LogP contribution in [0.1, 0.15) is 6.92 Å². The lowest BCUT2D eigenvalue weighted by Crippen LogP contribution is -2.48. The van der Waals surface area contributed by atoms with Crippen LogP contribution in [0.4, 0.5) is 11.8 Å². The van der Waals surface area contributed by atoms with Crippen molar-refractivity contribution in [2.75, 3.05) is 36.8 Å². The van der Waals surface area contributed by atoms with Crippen molar-refractivity contribution < 1.29 is 4.79 Å². The number of para-hydroxylation sites is 1. The van der Waals surface area contributed by atoms with E-state index in [2.05, 4.69) is 14.9 Å². The minimum atomic E-state index is 0.114. The molecule has 0 spiro atoms. The highest BCUT2D eigenvalue weighted by molar-refractivity contribution is 5.88. The monoisotopic (exact) mass is 271 g/mol. The van der Waals surface area contributed by atoms with Gasteiger partial charge in [0.25, 0.3) is 0 Å². The fraction of sp³-hybridized carbons (Fsp3) is 0.357. The molecule has 6 nitrogen and oxygen atoms in total. The number of rotatable bonds is 1. The topological polar surface area (TPSA) is 75.4 Å². The quantitative estimate of drug-likeness (QED) is 0.833. The first-order valence-corrected chi connectivity index (χ1v) is 6.68. The van der Waals surface area contributed by atoms with Crippen LogP contribution in [0.2, 0.25) is 0 Å². The number of anilines is 2. The molecule has 1 fully saturated rings. The molecular formula is C14H17N5O. The first-order chi connectivity index (χ1) is 9.65. The van der Waals surface area contributed by atoms with Gasteiger partial charge in [-0.3, -0.25) is 4.79 Å². The SMILES string of the molecule is CC(=O)N1CCN(c2nc(N)c3ccccc3n2)CC1. The predicted molar refractivity (Wildman–Crippen MR) is 78.4 cm³/mol. The minimum absolute atomic E-state index is 0.114. The van der Waals surface area contributed by atoms with Crippen LogP contribution in [0.5, 0.6) is 0 Å². The standard InChI is InChI=1S/C14H17N5O/c1-10(20)18-6-8-19(9-7-18)14-16-12-5-3-2-4-11(12)13(15)17-14/h2-5H,6-9H2,1H3,(H2,15,16,17). The first kappa shape index (κ1) is 12.7. The Kier molecular flexibility index (Phi) is 3.14. The number of amides is 1. The molecule has 1 aromatic heterocycles. The van der Waals surface area contributed by atoms with Crippen molar-refractivity contribution in [2.24, 2.45) is 0 Å². The lowest BCUT2D eigenvalue weighted by Gasteiger charge is -2.34. The van der Waals surface area contributed by atoms with Gasteiger partial charge >= 0.3 is 0 Å². The van der Waals surface area contributed by atoms with Crippen LogP contribution < -0.4 is 10.6 Å². The van der Waals surface area contributed by atoms with Crippen LogP contribution in [0, 0.1) is 0 Å². The molecule has 0 atom stereocenters. The number of piperazine rings is 1. The molecule has 2 aromatic rings. The summed E-state index contributed by atoms with van der Waals surface area (Å²) in [6.07, 6.45) is 0. The van der Waals surface area contributed by atoms with Crippen LogP contribution in [0.25, 0.3) is 10.9 Å². The minimum Gasteiger partial charge on any atom is -0.383 e. The van der Waals surface area contributed by atoms with Gasteiger partial charge in [-0.2, -0.15) is 4.98 Å². The summed E-state index contributed by atoms with van der Waals surface area (Å²) in [6, 6.07) is 7.71. The molecule has 1 saturated heterocycles. The summed E-state index contributed by atoms with van der Waals surface area (Å²) in [4.78, 5) is 24.2. The fourth-order valence-electron chi connectivity index (χ4n) is 2.45. The summed E-state index contributed by atoms with van der Waals surface area (Å²) in [7, 11) is 0. The number of fused-ring (bicyclic) bond motifs is 1. The van der Waals surface area contributed by atoms with Crippen LogP contribution >= 0.6 is 0 Å². The van der Waals surface area contributed by atoms with E-state index in [9.17, 15) is 4.79 Å². The highest BCUT2D eigenvalue weighted by Gasteiger charge is 2.21. The summed E-state index contributed by atoms with van der Waals surface area (Å²) < 4.78 is 0. The summed E-state index contributed by atoms with van der Waals surface area (Å²) >= 11 is 0.